The van der Waals surface area contributed by atoms with Crippen LogP contribution in [0.3, 0.4) is 0 Å². The molecule has 1 aromatic carbocycles. The lowest BCUT2D eigenvalue weighted by atomic mass is 10.2. The highest BCUT2D eigenvalue weighted by atomic mass is 16.7. The number of hydrogen-bond acceptors (Lipinski definition) is 5. The predicted molar refractivity (Wildman–Crippen MR) is 82.5 cm³/mol. The minimum atomic E-state index is -0.365. The van der Waals surface area contributed by atoms with Gasteiger partial charge >= 0.3 is 0 Å². The Bertz CT molecular complexity index is 761. The first-order valence-corrected chi connectivity index (χ1v) is 7.03. The molecule has 1 aromatic heterocycles. The third-order valence-electron chi connectivity index (χ3n) is 3.31. The first-order chi connectivity index (χ1) is 11.1. The van der Waals surface area contributed by atoms with Crippen LogP contribution in [0.15, 0.2) is 36.5 Å². The number of aryl methyl sites for hydroxylation is 1. The summed E-state index contributed by atoms with van der Waals surface area (Å²) in [7, 11) is 0. The van der Waals surface area contributed by atoms with Crippen molar-refractivity contribution in [1.82, 2.24) is 10.3 Å². The number of nitrogens with one attached hydrogen (secondary N) is 2. The van der Waals surface area contributed by atoms with Crippen LogP contribution in [0.1, 0.15) is 15.9 Å². The first-order valence-electron chi connectivity index (χ1n) is 7.03. The molecule has 7 nitrogen and oxygen atoms in total. The number of nitrogens with zero attached hydrogens (tertiary/aromatic N) is 1. The zero-order valence-electron chi connectivity index (χ0n) is 12.5. The summed E-state index contributed by atoms with van der Waals surface area (Å²) >= 11 is 0. The summed E-state index contributed by atoms with van der Waals surface area (Å²) in [6.45, 7) is 1.84. The van der Waals surface area contributed by atoms with Gasteiger partial charge in [-0.05, 0) is 36.8 Å². The minimum absolute atomic E-state index is 0.145. The second-order valence-electron chi connectivity index (χ2n) is 4.97. The number of anilines is 1. The largest absolute Gasteiger partial charge is 0.454 e. The second kappa shape index (κ2) is 6.35. The van der Waals surface area contributed by atoms with Crippen LogP contribution in [0.5, 0.6) is 11.5 Å². The smallest absolute Gasteiger partial charge is 0.251 e. The summed E-state index contributed by atoms with van der Waals surface area (Å²) in [6.07, 6.45) is 1.59. The van der Waals surface area contributed by atoms with E-state index < -0.39 is 0 Å². The molecule has 2 N–H and O–H groups in total. The monoisotopic (exact) mass is 313 g/mol. The lowest BCUT2D eigenvalue weighted by Gasteiger charge is -2.08. The van der Waals surface area contributed by atoms with Crippen LogP contribution < -0.4 is 20.1 Å². The van der Waals surface area contributed by atoms with E-state index in [2.05, 4.69) is 15.6 Å². The van der Waals surface area contributed by atoms with E-state index in [1.54, 1.807) is 30.5 Å². The maximum absolute atomic E-state index is 12.1. The molecule has 1 aliphatic rings. The lowest BCUT2D eigenvalue weighted by molar-refractivity contribution is -0.115. The molecule has 23 heavy (non-hydrogen) atoms. The Morgan fingerprint density at radius 3 is 2.87 bits per heavy atom. The predicted octanol–water partition coefficient (Wildman–Crippen LogP) is 1.49. The van der Waals surface area contributed by atoms with Gasteiger partial charge in [-0.3, -0.25) is 9.59 Å². The van der Waals surface area contributed by atoms with E-state index in [-0.39, 0.29) is 25.2 Å². The Hall–Kier alpha value is -3.09. The van der Waals surface area contributed by atoms with Crippen LogP contribution in [0, 0.1) is 6.92 Å². The number of fused-ring (bicyclic) bond motifs is 1. The highest BCUT2D eigenvalue weighted by Crippen LogP contribution is 2.32. The molecular formula is C16H15N3O4. The van der Waals surface area contributed by atoms with Crippen LogP contribution >= 0.6 is 0 Å². The van der Waals surface area contributed by atoms with Gasteiger partial charge in [0, 0.05) is 11.8 Å². The van der Waals surface area contributed by atoms with E-state index in [4.69, 9.17) is 9.47 Å². The summed E-state index contributed by atoms with van der Waals surface area (Å²) in [5, 5.41) is 5.20. The summed E-state index contributed by atoms with van der Waals surface area (Å²) in [5.74, 6) is 0.892. The fraction of sp³-hybridized carbons (Fsp3) is 0.188. The molecule has 0 radical (unpaired) electrons. The van der Waals surface area contributed by atoms with E-state index in [1.807, 2.05) is 13.0 Å². The van der Waals surface area contributed by atoms with E-state index in [1.165, 1.54) is 0 Å². The maximum atomic E-state index is 12.1. The molecule has 3 rings (SSSR count). The van der Waals surface area contributed by atoms with Gasteiger partial charge in [0.1, 0.15) is 5.82 Å². The van der Waals surface area contributed by atoms with E-state index in [9.17, 15) is 9.59 Å². The summed E-state index contributed by atoms with van der Waals surface area (Å²) in [4.78, 5) is 28.0. The van der Waals surface area contributed by atoms with Crippen LogP contribution in [-0.4, -0.2) is 30.1 Å². The molecule has 2 amide bonds. The van der Waals surface area contributed by atoms with Crippen LogP contribution in [0.4, 0.5) is 5.82 Å². The third-order valence-corrected chi connectivity index (χ3v) is 3.31. The SMILES string of the molecule is Cc1cccnc1NC(=O)CNC(=O)c1ccc2c(c1)OCO2. The fourth-order valence-electron chi connectivity index (χ4n) is 2.09. The Labute approximate surface area is 132 Å². The molecule has 0 bridgehead atoms. The van der Waals surface area contributed by atoms with Gasteiger partial charge in [-0.25, -0.2) is 4.98 Å². The highest BCUT2D eigenvalue weighted by Gasteiger charge is 2.16. The number of hydrogen-bond donors (Lipinski definition) is 2. The average Bonchev–Trinajstić information content (AvgIpc) is 3.02. The highest BCUT2D eigenvalue weighted by molar-refractivity contribution is 5.99. The Balaban J connectivity index is 1.56. The molecule has 0 fully saturated rings. The molecule has 0 aliphatic carbocycles. The number of ether oxygens (including phenoxy) is 2. The molecule has 0 saturated heterocycles. The van der Waals surface area contributed by atoms with Crippen LogP contribution in [-0.2, 0) is 4.79 Å². The second-order valence-corrected chi connectivity index (χ2v) is 4.97. The molecule has 0 spiro atoms. The average molecular weight is 313 g/mol. The standard InChI is InChI=1S/C16H15N3O4/c1-10-3-2-6-17-15(10)19-14(20)8-18-16(21)11-4-5-12-13(7-11)23-9-22-12/h2-7H,8-9H2,1H3,(H,18,21)(H,17,19,20). The van der Waals surface area contributed by atoms with Gasteiger partial charge in [0.05, 0.1) is 6.54 Å². The van der Waals surface area contributed by atoms with E-state index in [0.29, 0.717) is 22.9 Å². The molecule has 0 unspecified atom stereocenters. The topological polar surface area (TPSA) is 89.6 Å². The van der Waals surface area contributed by atoms with Gasteiger partial charge in [0.2, 0.25) is 12.7 Å². The Morgan fingerprint density at radius 1 is 1.22 bits per heavy atom. The quantitative estimate of drug-likeness (QED) is 0.892. The van der Waals surface area contributed by atoms with Crippen molar-refractivity contribution in [1.29, 1.82) is 0 Å². The molecule has 2 heterocycles. The zero-order chi connectivity index (χ0) is 16.2. The molecule has 7 heteroatoms. The van der Waals surface area contributed by atoms with Gasteiger partial charge < -0.3 is 20.1 Å². The van der Waals surface area contributed by atoms with Crippen molar-refractivity contribution in [2.45, 2.75) is 6.92 Å². The van der Waals surface area contributed by atoms with Crippen molar-refractivity contribution < 1.29 is 19.1 Å². The number of amides is 2. The van der Waals surface area contributed by atoms with Crippen LogP contribution in [0.2, 0.25) is 0 Å². The van der Waals surface area contributed by atoms with Crippen molar-refractivity contribution >= 4 is 17.6 Å². The molecule has 0 atom stereocenters. The normalized spacial score (nSPS) is 11.9. The number of benzene rings is 1. The number of carbonyl (C=O) groups excluding carboxylic acids is 2. The summed E-state index contributed by atoms with van der Waals surface area (Å²) in [6, 6.07) is 8.48. The van der Waals surface area contributed by atoms with Gasteiger partial charge in [-0.2, -0.15) is 0 Å². The maximum Gasteiger partial charge on any atom is 0.251 e. The molecule has 2 aromatic rings. The number of rotatable bonds is 4. The number of aromatic nitrogens is 1. The van der Waals surface area contributed by atoms with Crippen LogP contribution in [0.25, 0.3) is 0 Å². The van der Waals surface area contributed by atoms with Crippen molar-refractivity contribution in [2.24, 2.45) is 0 Å². The molecule has 118 valence electrons. The number of pyridine rings is 1. The van der Waals surface area contributed by atoms with Gasteiger partial charge in [0.15, 0.2) is 11.5 Å². The van der Waals surface area contributed by atoms with Crippen molar-refractivity contribution in [3.8, 4) is 11.5 Å². The van der Waals surface area contributed by atoms with Gasteiger partial charge in [-0.15, -0.1) is 0 Å². The Kier molecular flexibility index (Phi) is 4.09. The molecule has 0 saturated carbocycles. The fourth-order valence-corrected chi connectivity index (χ4v) is 2.09. The van der Waals surface area contributed by atoms with Crippen molar-refractivity contribution in [3.05, 3.63) is 47.7 Å². The van der Waals surface area contributed by atoms with E-state index in [0.717, 1.165) is 5.56 Å². The zero-order valence-corrected chi connectivity index (χ0v) is 12.5. The first kappa shape index (κ1) is 14.8. The third kappa shape index (κ3) is 3.39. The summed E-state index contributed by atoms with van der Waals surface area (Å²) in [5.41, 5.74) is 1.25. The Morgan fingerprint density at radius 2 is 2.04 bits per heavy atom. The molecule has 1 aliphatic heterocycles. The van der Waals surface area contributed by atoms with Crippen molar-refractivity contribution in [2.75, 3.05) is 18.7 Å². The lowest BCUT2D eigenvalue weighted by Crippen LogP contribution is -2.33. The number of carbonyl (C=O) groups is 2. The van der Waals surface area contributed by atoms with E-state index >= 15 is 0 Å². The summed E-state index contributed by atoms with van der Waals surface area (Å²) < 4.78 is 10.4. The van der Waals surface area contributed by atoms with Gasteiger partial charge in [-0.1, -0.05) is 6.07 Å². The minimum Gasteiger partial charge on any atom is -0.454 e. The van der Waals surface area contributed by atoms with Crippen molar-refractivity contribution in [3.63, 3.8) is 0 Å². The molecular weight excluding hydrogens is 298 g/mol. The van der Waals surface area contributed by atoms with Gasteiger partial charge in [0.25, 0.3) is 5.91 Å².